The molecule has 2 fully saturated rings. The molecule has 1 aromatic heterocycles. The predicted molar refractivity (Wildman–Crippen MR) is 96.6 cm³/mol. The van der Waals surface area contributed by atoms with Crippen LogP contribution in [0.25, 0.3) is 0 Å². The largest absolute Gasteiger partial charge is 0.469 e. The van der Waals surface area contributed by atoms with E-state index in [-0.39, 0.29) is 25.2 Å². The van der Waals surface area contributed by atoms with Gasteiger partial charge in [0.25, 0.3) is 0 Å². The van der Waals surface area contributed by atoms with Crippen LogP contribution in [0.5, 0.6) is 5.88 Å². The fourth-order valence-electron chi connectivity index (χ4n) is 3.74. The molecular formula is C18H24F3N5O2. The highest BCUT2D eigenvalue weighted by Crippen LogP contribution is 2.36. The Kier molecular flexibility index (Phi) is 5.56. The van der Waals surface area contributed by atoms with Crippen molar-refractivity contribution in [1.29, 1.82) is 0 Å². The van der Waals surface area contributed by atoms with Gasteiger partial charge >= 0.3 is 6.18 Å². The first-order chi connectivity index (χ1) is 13.5. The molecule has 1 aromatic rings. The van der Waals surface area contributed by atoms with Crippen molar-refractivity contribution in [1.82, 2.24) is 15.3 Å². The van der Waals surface area contributed by atoms with Crippen molar-refractivity contribution in [2.75, 3.05) is 31.6 Å². The van der Waals surface area contributed by atoms with Gasteiger partial charge in [0.05, 0.1) is 19.0 Å². The first-order valence-electron chi connectivity index (χ1n) is 9.72. The van der Waals surface area contributed by atoms with Gasteiger partial charge in [-0.25, -0.2) is 4.98 Å². The summed E-state index contributed by atoms with van der Waals surface area (Å²) in [4.78, 5) is 12.5. The first-order valence-corrected chi connectivity index (χ1v) is 9.72. The number of halogens is 3. The summed E-state index contributed by atoms with van der Waals surface area (Å²) < 4.78 is 50.1. The number of aromatic nitrogens is 2. The molecule has 4 rings (SSSR count). The quantitative estimate of drug-likeness (QED) is 0.792. The number of nitrogens with zero attached hydrogens (tertiary/aromatic N) is 3. The average Bonchev–Trinajstić information content (AvgIpc) is 2.65. The van der Waals surface area contributed by atoms with E-state index in [1.807, 2.05) is 0 Å². The van der Waals surface area contributed by atoms with Crippen molar-refractivity contribution in [3.05, 3.63) is 11.8 Å². The summed E-state index contributed by atoms with van der Waals surface area (Å²) in [7, 11) is 0. The second-order valence-corrected chi connectivity index (χ2v) is 7.44. The van der Waals surface area contributed by atoms with E-state index in [4.69, 9.17) is 9.47 Å². The monoisotopic (exact) mass is 399 g/mol. The molecule has 2 N–H and O–H groups in total. The third-order valence-corrected chi connectivity index (χ3v) is 5.26. The van der Waals surface area contributed by atoms with E-state index in [1.165, 1.54) is 0 Å². The normalized spacial score (nSPS) is 26.0. The van der Waals surface area contributed by atoms with Crippen LogP contribution >= 0.6 is 0 Å². The van der Waals surface area contributed by atoms with E-state index in [1.54, 1.807) is 0 Å². The van der Waals surface area contributed by atoms with Crippen molar-refractivity contribution in [2.24, 2.45) is 10.9 Å². The van der Waals surface area contributed by atoms with Gasteiger partial charge in [-0.05, 0) is 25.7 Å². The molecule has 10 heteroatoms. The van der Waals surface area contributed by atoms with Crippen LogP contribution in [0.3, 0.4) is 0 Å². The lowest BCUT2D eigenvalue weighted by atomic mass is 9.84. The number of ether oxygens (including phenoxy) is 2. The number of hydrogen-bond donors (Lipinski definition) is 2. The number of hydrogen-bond acceptors (Lipinski definition) is 7. The zero-order chi connectivity index (χ0) is 19.6. The zero-order valence-electron chi connectivity index (χ0n) is 15.5. The Bertz CT molecular complexity index is 724. The smallest absolute Gasteiger partial charge is 0.423 e. The summed E-state index contributed by atoms with van der Waals surface area (Å²) in [6, 6.07) is 0.0850. The van der Waals surface area contributed by atoms with Gasteiger partial charge in [-0.3, -0.25) is 4.99 Å². The lowest BCUT2D eigenvalue weighted by Crippen LogP contribution is -2.40. The Labute approximate surface area is 161 Å². The molecule has 0 radical (unpaired) electrons. The van der Waals surface area contributed by atoms with Crippen molar-refractivity contribution >= 4 is 11.8 Å². The standard InChI is InChI=1S/C18H24F3N5O2/c19-18(20,21)14-8-24-17(26-16(14)28-13-9-27-10-13)25-12-4-1-3-11(7-12)15-22-5-2-6-23-15/h8,11-13H,1-7,9-10H2,(H,22,23)(H,24,25,26)/t11-,12+/m0/s1. The molecule has 1 saturated carbocycles. The molecule has 0 spiro atoms. The SMILES string of the molecule is FC(F)(F)c1cnc(N[C@@H]2CCC[C@H](C3=NCCCN3)C2)nc1OC1COC1. The lowest BCUT2D eigenvalue weighted by Gasteiger charge is -2.32. The maximum atomic E-state index is 13.2. The minimum Gasteiger partial charge on any atom is -0.469 e. The van der Waals surface area contributed by atoms with Crippen LogP contribution in [0, 0.1) is 5.92 Å². The maximum absolute atomic E-state index is 13.2. The lowest BCUT2D eigenvalue weighted by molar-refractivity contribution is -0.142. The number of aliphatic imine (C=N–C) groups is 1. The number of rotatable bonds is 5. The molecule has 28 heavy (non-hydrogen) atoms. The molecule has 0 bridgehead atoms. The van der Waals surface area contributed by atoms with Crippen LogP contribution in [0.4, 0.5) is 19.1 Å². The van der Waals surface area contributed by atoms with E-state index in [0.717, 1.165) is 57.2 Å². The van der Waals surface area contributed by atoms with Crippen LogP contribution < -0.4 is 15.4 Å². The third-order valence-electron chi connectivity index (χ3n) is 5.26. The molecule has 2 aliphatic heterocycles. The Balaban J connectivity index is 1.46. The second kappa shape index (κ2) is 8.10. The Morgan fingerprint density at radius 2 is 2.07 bits per heavy atom. The Morgan fingerprint density at radius 1 is 1.21 bits per heavy atom. The highest BCUT2D eigenvalue weighted by atomic mass is 19.4. The van der Waals surface area contributed by atoms with E-state index < -0.39 is 23.7 Å². The van der Waals surface area contributed by atoms with Crippen LogP contribution in [-0.2, 0) is 10.9 Å². The molecule has 154 valence electrons. The van der Waals surface area contributed by atoms with Gasteiger partial charge in [0.15, 0.2) is 0 Å². The molecule has 1 aliphatic carbocycles. The van der Waals surface area contributed by atoms with Gasteiger partial charge in [-0.15, -0.1) is 0 Å². The predicted octanol–water partition coefficient (Wildman–Crippen LogP) is 2.64. The summed E-state index contributed by atoms with van der Waals surface area (Å²) in [6.07, 6.45) is 0.713. The van der Waals surface area contributed by atoms with E-state index in [0.29, 0.717) is 5.92 Å². The van der Waals surface area contributed by atoms with Gasteiger partial charge in [-0.2, -0.15) is 18.2 Å². The maximum Gasteiger partial charge on any atom is 0.423 e. The van der Waals surface area contributed by atoms with Crippen molar-refractivity contribution < 1.29 is 22.6 Å². The molecule has 1 saturated heterocycles. The minimum atomic E-state index is -4.57. The van der Waals surface area contributed by atoms with Gasteiger partial charge in [0.2, 0.25) is 11.8 Å². The van der Waals surface area contributed by atoms with Gasteiger partial charge in [0, 0.05) is 31.2 Å². The molecule has 3 aliphatic rings. The van der Waals surface area contributed by atoms with E-state index >= 15 is 0 Å². The summed E-state index contributed by atoms with van der Waals surface area (Å²) >= 11 is 0. The third kappa shape index (κ3) is 4.48. The average molecular weight is 399 g/mol. The van der Waals surface area contributed by atoms with Crippen LogP contribution in [0.15, 0.2) is 11.2 Å². The Hall–Kier alpha value is -2.10. The van der Waals surface area contributed by atoms with Gasteiger partial charge in [0.1, 0.15) is 11.7 Å². The molecule has 0 amide bonds. The number of nitrogens with one attached hydrogen (secondary N) is 2. The van der Waals surface area contributed by atoms with Gasteiger partial charge in [-0.1, -0.05) is 6.42 Å². The topological polar surface area (TPSA) is 80.7 Å². The van der Waals surface area contributed by atoms with Crippen LogP contribution in [0.2, 0.25) is 0 Å². The highest BCUT2D eigenvalue weighted by Gasteiger charge is 2.38. The van der Waals surface area contributed by atoms with E-state index in [9.17, 15) is 13.2 Å². The molecule has 2 atom stereocenters. The summed E-state index contributed by atoms with van der Waals surface area (Å²) in [5.41, 5.74) is -0.966. The first kappa shape index (κ1) is 19.2. The number of amidine groups is 1. The van der Waals surface area contributed by atoms with E-state index in [2.05, 4.69) is 25.6 Å². The van der Waals surface area contributed by atoms with Gasteiger partial charge < -0.3 is 20.1 Å². The summed E-state index contributed by atoms with van der Waals surface area (Å²) in [5, 5.41) is 6.57. The fourth-order valence-corrected chi connectivity index (χ4v) is 3.74. The van der Waals surface area contributed by atoms with Crippen molar-refractivity contribution in [3.8, 4) is 5.88 Å². The molecule has 0 unspecified atom stereocenters. The van der Waals surface area contributed by atoms with Crippen molar-refractivity contribution in [2.45, 2.75) is 50.4 Å². The minimum absolute atomic E-state index is 0.0850. The van der Waals surface area contributed by atoms with Crippen LogP contribution in [-0.4, -0.2) is 54.3 Å². The molecular weight excluding hydrogens is 375 g/mol. The van der Waals surface area contributed by atoms with Crippen LogP contribution in [0.1, 0.15) is 37.7 Å². The summed E-state index contributed by atoms with van der Waals surface area (Å²) in [6.45, 7) is 2.33. The fraction of sp³-hybridized carbons (Fsp3) is 0.722. The van der Waals surface area contributed by atoms with Crippen molar-refractivity contribution in [3.63, 3.8) is 0 Å². The number of alkyl halides is 3. The Morgan fingerprint density at radius 3 is 2.75 bits per heavy atom. The highest BCUT2D eigenvalue weighted by molar-refractivity contribution is 5.85. The number of anilines is 1. The molecule has 3 heterocycles. The zero-order valence-corrected chi connectivity index (χ0v) is 15.5. The molecule has 7 nitrogen and oxygen atoms in total. The summed E-state index contributed by atoms with van der Waals surface area (Å²) in [5.74, 6) is 1.11. The second-order valence-electron chi connectivity index (χ2n) is 7.44. The molecule has 0 aromatic carbocycles.